The van der Waals surface area contributed by atoms with Crippen LogP contribution in [-0.4, -0.2) is 48.4 Å². The lowest BCUT2D eigenvalue weighted by Crippen LogP contribution is -2.45. The van der Waals surface area contributed by atoms with E-state index in [1.807, 2.05) is 0 Å². The molecule has 0 saturated carbocycles. The molecule has 0 unspecified atom stereocenters. The molecule has 1 aromatic heterocycles. The molecule has 1 N–H and O–H groups in total. The number of piperidine rings is 1. The third kappa shape index (κ3) is 5.37. The zero-order chi connectivity index (χ0) is 20.8. The van der Waals surface area contributed by atoms with Crippen LogP contribution in [0.2, 0.25) is 0 Å². The van der Waals surface area contributed by atoms with Crippen molar-refractivity contribution >= 4 is 17.3 Å². The number of likely N-dealkylation sites (N-methyl/N-ethyl adjacent to an activating group) is 1. The summed E-state index contributed by atoms with van der Waals surface area (Å²) in [6, 6.07) is 10.0. The highest BCUT2D eigenvalue weighted by Gasteiger charge is 2.26. The largest absolute Gasteiger partial charge is 0.370 e. The number of rotatable bonds is 7. The smallest absolute Gasteiger partial charge is 0.268 e. The van der Waals surface area contributed by atoms with Gasteiger partial charge in [0.15, 0.2) is 0 Å². The fourth-order valence-corrected chi connectivity index (χ4v) is 3.81. The predicted molar refractivity (Wildman–Crippen MR) is 116 cm³/mol. The molecule has 0 radical (unpaired) electrons. The van der Waals surface area contributed by atoms with Gasteiger partial charge in [-0.25, -0.2) is 4.68 Å². The van der Waals surface area contributed by atoms with E-state index in [4.69, 9.17) is 0 Å². The molecule has 2 heterocycles. The molecule has 1 aliphatic rings. The van der Waals surface area contributed by atoms with Crippen LogP contribution in [0.5, 0.6) is 0 Å². The third-order valence-corrected chi connectivity index (χ3v) is 5.54. The number of nitrogens with zero attached hydrogens (tertiary/aromatic N) is 4. The molecule has 1 amide bonds. The van der Waals surface area contributed by atoms with Crippen molar-refractivity contribution in [2.24, 2.45) is 13.0 Å². The highest BCUT2D eigenvalue weighted by atomic mass is 16.2. The lowest BCUT2D eigenvalue weighted by atomic mass is 9.97. The fourth-order valence-electron chi connectivity index (χ4n) is 3.81. The minimum Gasteiger partial charge on any atom is -0.370 e. The summed E-state index contributed by atoms with van der Waals surface area (Å²) in [5, 5.41) is 7.20. The first-order chi connectivity index (χ1) is 14.0. The second-order valence-corrected chi connectivity index (χ2v) is 7.67. The summed E-state index contributed by atoms with van der Waals surface area (Å²) < 4.78 is 1.31. The van der Waals surface area contributed by atoms with Gasteiger partial charge in [0.2, 0.25) is 5.91 Å². The summed E-state index contributed by atoms with van der Waals surface area (Å²) in [4.78, 5) is 28.9. The Balaban J connectivity index is 1.53. The van der Waals surface area contributed by atoms with E-state index in [-0.39, 0.29) is 17.4 Å². The van der Waals surface area contributed by atoms with Gasteiger partial charge in [0.1, 0.15) is 0 Å². The van der Waals surface area contributed by atoms with E-state index in [2.05, 4.69) is 58.3 Å². The minimum absolute atomic E-state index is 0.0677. The average Bonchev–Trinajstić information content (AvgIpc) is 2.73. The van der Waals surface area contributed by atoms with Crippen molar-refractivity contribution in [1.82, 2.24) is 15.1 Å². The molecule has 1 saturated heterocycles. The summed E-state index contributed by atoms with van der Waals surface area (Å²) in [5.41, 5.74) is 3.08. The van der Waals surface area contributed by atoms with Gasteiger partial charge in [-0.15, -0.1) is 0 Å². The fraction of sp³-hybridized carbons (Fsp3) is 0.500. The molecule has 1 aromatic carbocycles. The number of benzene rings is 1. The van der Waals surface area contributed by atoms with E-state index in [1.54, 1.807) is 19.3 Å². The van der Waals surface area contributed by atoms with Gasteiger partial charge >= 0.3 is 0 Å². The normalized spacial score (nSPS) is 16.5. The van der Waals surface area contributed by atoms with Gasteiger partial charge in [-0.2, -0.15) is 5.10 Å². The number of carbonyl (C=O) groups excluding carboxylic acids is 1. The molecule has 29 heavy (non-hydrogen) atoms. The second-order valence-electron chi connectivity index (χ2n) is 7.67. The van der Waals surface area contributed by atoms with E-state index in [0.717, 1.165) is 38.2 Å². The Morgan fingerprint density at radius 3 is 2.90 bits per heavy atom. The predicted octanol–water partition coefficient (Wildman–Crippen LogP) is 1.95. The standard InChI is InChI=1S/C22H31N5O2/c1-4-26(19-9-5-7-17(2)13-19)12-10-23-22(29)18-8-6-11-27(16-18)20-14-21(28)25(3)24-15-20/h5,7,9,13-15,18H,4,6,8,10-12,16H2,1-3H3,(H,23,29)/t18-/m0/s1. The van der Waals surface area contributed by atoms with Crippen molar-refractivity contribution in [2.75, 3.05) is 42.5 Å². The van der Waals surface area contributed by atoms with E-state index >= 15 is 0 Å². The Kier molecular flexibility index (Phi) is 6.90. The van der Waals surface area contributed by atoms with Crippen LogP contribution in [0.4, 0.5) is 11.4 Å². The van der Waals surface area contributed by atoms with E-state index < -0.39 is 0 Å². The molecule has 0 spiro atoms. The Hall–Kier alpha value is -2.83. The molecule has 3 rings (SSSR count). The van der Waals surface area contributed by atoms with Gasteiger partial charge in [-0.1, -0.05) is 12.1 Å². The van der Waals surface area contributed by atoms with Crippen molar-refractivity contribution in [3.63, 3.8) is 0 Å². The first kappa shape index (κ1) is 20.9. The molecule has 1 fully saturated rings. The molecule has 1 aliphatic heterocycles. The van der Waals surface area contributed by atoms with Gasteiger partial charge in [0.25, 0.3) is 5.56 Å². The molecule has 156 valence electrons. The lowest BCUT2D eigenvalue weighted by molar-refractivity contribution is -0.125. The van der Waals surface area contributed by atoms with Crippen molar-refractivity contribution in [3.8, 4) is 0 Å². The number of hydrogen-bond acceptors (Lipinski definition) is 5. The van der Waals surface area contributed by atoms with Crippen LogP contribution in [0, 0.1) is 12.8 Å². The summed E-state index contributed by atoms with van der Waals surface area (Å²) in [6.45, 7) is 7.97. The van der Waals surface area contributed by atoms with E-state index in [0.29, 0.717) is 13.1 Å². The summed E-state index contributed by atoms with van der Waals surface area (Å²) in [6.07, 6.45) is 3.50. The Labute approximate surface area is 172 Å². The Bertz CT molecular complexity index is 895. The van der Waals surface area contributed by atoms with Gasteiger partial charge in [0.05, 0.1) is 17.8 Å². The summed E-state index contributed by atoms with van der Waals surface area (Å²) in [5.74, 6) is 0.0219. The number of anilines is 2. The maximum absolute atomic E-state index is 12.7. The minimum atomic E-state index is -0.134. The van der Waals surface area contributed by atoms with Gasteiger partial charge < -0.3 is 15.1 Å². The number of aryl methyl sites for hydroxylation is 2. The van der Waals surface area contributed by atoms with Crippen LogP contribution >= 0.6 is 0 Å². The van der Waals surface area contributed by atoms with E-state index in [9.17, 15) is 9.59 Å². The van der Waals surface area contributed by atoms with Crippen molar-refractivity contribution in [2.45, 2.75) is 26.7 Å². The van der Waals surface area contributed by atoms with Crippen molar-refractivity contribution < 1.29 is 4.79 Å². The first-order valence-electron chi connectivity index (χ1n) is 10.4. The van der Waals surface area contributed by atoms with Crippen LogP contribution in [0.15, 0.2) is 41.3 Å². The average molecular weight is 398 g/mol. The maximum Gasteiger partial charge on any atom is 0.268 e. The number of carbonyl (C=O) groups is 1. The molecule has 0 bridgehead atoms. The van der Waals surface area contributed by atoms with Crippen LogP contribution in [-0.2, 0) is 11.8 Å². The lowest BCUT2D eigenvalue weighted by Gasteiger charge is -2.33. The van der Waals surface area contributed by atoms with Crippen molar-refractivity contribution in [1.29, 1.82) is 0 Å². The topological polar surface area (TPSA) is 70.5 Å². The molecular weight excluding hydrogens is 366 g/mol. The SMILES string of the molecule is CCN(CCNC(=O)[C@H]1CCCN(c2cnn(C)c(=O)c2)C1)c1cccc(C)c1. The molecule has 7 nitrogen and oxygen atoms in total. The molecular formula is C22H31N5O2. The zero-order valence-corrected chi connectivity index (χ0v) is 17.6. The van der Waals surface area contributed by atoms with Crippen LogP contribution < -0.4 is 20.7 Å². The third-order valence-electron chi connectivity index (χ3n) is 5.54. The molecule has 2 aromatic rings. The molecule has 7 heteroatoms. The summed E-state index contributed by atoms with van der Waals surface area (Å²) >= 11 is 0. The summed E-state index contributed by atoms with van der Waals surface area (Å²) in [7, 11) is 1.63. The molecule has 1 atom stereocenters. The Morgan fingerprint density at radius 1 is 1.34 bits per heavy atom. The number of nitrogens with one attached hydrogen (secondary N) is 1. The van der Waals surface area contributed by atoms with Crippen LogP contribution in [0.1, 0.15) is 25.3 Å². The van der Waals surface area contributed by atoms with Gasteiger partial charge in [-0.05, 0) is 44.4 Å². The zero-order valence-electron chi connectivity index (χ0n) is 17.6. The number of hydrogen-bond donors (Lipinski definition) is 1. The highest BCUT2D eigenvalue weighted by Crippen LogP contribution is 2.22. The first-order valence-corrected chi connectivity index (χ1v) is 10.4. The van der Waals surface area contributed by atoms with Gasteiger partial charge in [0, 0.05) is 51.5 Å². The number of amides is 1. The van der Waals surface area contributed by atoms with Crippen LogP contribution in [0.25, 0.3) is 0 Å². The van der Waals surface area contributed by atoms with E-state index in [1.165, 1.54) is 15.9 Å². The monoisotopic (exact) mass is 397 g/mol. The number of aromatic nitrogens is 2. The quantitative estimate of drug-likeness (QED) is 0.773. The maximum atomic E-state index is 12.7. The second kappa shape index (κ2) is 9.58. The van der Waals surface area contributed by atoms with Gasteiger partial charge in [-0.3, -0.25) is 9.59 Å². The Morgan fingerprint density at radius 2 is 2.17 bits per heavy atom. The van der Waals surface area contributed by atoms with Crippen LogP contribution in [0.3, 0.4) is 0 Å². The highest BCUT2D eigenvalue weighted by molar-refractivity contribution is 5.79. The molecule has 0 aliphatic carbocycles. The van der Waals surface area contributed by atoms with Crippen molar-refractivity contribution in [3.05, 3.63) is 52.4 Å².